The number of rotatable bonds is 21. The second-order valence-corrected chi connectivity index (χ2v) is 27.4. The van der Waals surface area contributed by atoms with E-state index in [0.717, 1.165) is 172 Å². The monoisotopic (exact) mass is 1220 g/mol. The summed E-state index contributed by atoms with van der Waals surface area (Å²) in [5.41, 5.74) is 11.5. The minimum atomic E-state index is -0.927. The van der Waals surface area contributed by atoms with E-state index in [2.05, 4.69) is 152 Å². The molecule has 6 N–H and O–H groups in total. The molecule has 0 bridgehead atoms. The van der Waals surface area contributed by atoms with Crippen molar-refractivity contribution in [3.8, 4) is 12.1 Å². The number of carbonyl (C=O) groups excluding carboxylic acids is 2. The third-order valence-electron chi connectivity index (χ3n) is 21.8. The lowest BCUT2D eigenvalue weighted by atomic mass is 9.55. The van der Waals surface area contributed by atoms with Crippen molar-refractivity contribution < 1.29 is 9.59 Å². The molecule has 5 aliphatic carbocycles. The Morgan fingerprint density at radius 3 is 2.06 bits per heavy atom. The van der Waals surface area contributed by atoms with Crippen LogP contribution in [0, 0.1) is 46.3 Å². The molecule has 0 spiro atoms. The zero-order chi connectivity index (χ0) is 63.5. The average Bonchev–Trinajstić information content (AvgIpc) is 1.33. The summed E-state index contributed by atoms with van der Waals surface area (Å²) < 4.78 is 0. The van der Waals surface area contributed by atoms with Crippen molar-refractivity contribution >= 4 is 17.5 Å². The van der Waals surface area contributed by atoms with E-state index in [9.17, 15) is 20.1 Å². The number of aromatic nitrogens is 8. The van der Waals surface area contributed by atoms with Crippen LogP contribution in [0.15, 0.2) is 102 Å². The molecule has 2 aromatic carbocycles. The summed E-state index contributed by atoms with van der Waals surface area (Å²) in [4.78, 5) is 35.7. The Kier molecular flexibility index (Phi) is 19.0. The average molecular weight is 1220 g/mol. The summed E-state index contributed by atoms with van der Waals surface area (Å²) >= 11 is 0. The number of nitrogens with one attached hydrogen (secondary N) is 6. The van der Waals surface area contributed by atoms with Crippen LogP contribution in [0.3, 0.4) is 0 Å². The predicted molar refractivity (Wildman–Crippen MR) is 348 cm³/mol. The van der Waals surface area contributed by atoms with Crippen molar-refractivity contribution in [3.63, 3.8) is 0 Å². The van der Waals surface area contributed by atoms with Crippen LogP contribution in [0.2, 0.25) is 0 Å². The Bertz CT molecular complexity index is 3440. The maximum atomic E-state index is 13.8. The van der Waals surface area contributed by atoms with E-state index >= 15 is 0 Å². The van der Waals surface area contributed by atoms with E-state index < -0.39 is 16.4 Å². The number of aromatic amines is 2. The van der Waals surface area contributed by atoms with Gasteiger partial charge in [0.2, 0.25) is 5.91 Å². The van der Waals surface area contributed by atoms with Crippen LogP contribution in [0.25, 0.3) is 5.70 Å². The third kappa shape index (κ3) is 12.3. The van der Waals surface area contributed by atoms with Gasteiger partial charge in [0, 0.05) is 114 Å². The van der Waals surface area contributed by atoms with E-state index in [1.165, 1.54) is 16.8 Å². The highest BCUT2D eigenvalue weighted by Gasteiger charge is 2.56. The standard InChI is InChI=1S/C70H94N18O2/c1-44(75-41-45(2)87-30-12-15-57(87)39-71)37-69(66-77-81-82-78-66)59-26-22-54(34-51(59)18-20-53-36-56(24-28-60(53)69)65(90)86(9)10)63(85(7)8)32-48-14-11-29-68(38-48,76-42-46(3)88-31-13-16-58(88)40-72)43-70(67-79-83-84-80-67)61-25-21-49(47(4)73-5)33-50(61)17-19-52-35-55(64(89)74-6)23-27-62(52)70/h21,23,25,27,32-33,35-36,44,48,51,54,57-59,73,75-76H,2-4,11-20,22,24,26,28-31,34,37-38,41-43H2,1,5-10H3,(H,74,89)(H,77,78,81,82)(H,79,80,83,84)/b63-32+/t44-,48?,51+,54?,57?,58+,59?,68?,69?,70?/m1/s1. The topological polar surface area (TPSA) is 252 Å². The molecule has 11 rings (SSSR count). The Labute approximate surface area is 532 Å². The molecular formula is C70H94N18O2. The number of amides is 2. The number of allylic oxidation sites excluding steroid dienone is 5. The summed E-state index contributed by atoms with van der Waals surface area (Å²) in [6.07, 6.45) is 21.1. The fourth-order valence-electron chi connectivity index (χ4n) is 17.6. The van der Waals surface area contributed by atoms with Crippen LogP contribution in [0.1, 0.15) is 166 Å². The first-order valence-corrected chi connectivity index (χ1v) is 33.0. The molecule has 2 amide bonds. The molecule has 4 fully saturated rings. The van der Waals surface area contributed by atoms with Crippen LogP contribution in [0.5, 0.6) is 0 Å². The Morgan fingerprint density at radius 2 is 1.43 bits per heavy atom. The molecule has 476 valence electrons. The summed E-state index contributed by atoms with van der Waals surface area (Å²) in [6.45, 7) is 18.5. The highest BCUT2D eigenvalue weighted by atomic mass is 16.2. The van der Waals surface area contributed by atoms with Crippen LogP contribution >= 0.6 is 0 Å². The number of benzene rings is 2. The molecule has 20 heteroatoms. The first-order chi connectivity index (χ1) is 43.5. The smallest absolute Gasteiger partial charge is 0.251 e. The van der Waals surface area contributed by atoms with Gasteiger partial charge in [0.25, 0.3) is 5.91 Å². The van der Waals surface area contributed by atoms with E-state index in [4.69, 9.17) is 20.4 Å². The van der Waals surface area contributed by atoms with Gasteiger partial charge >= 0.3 is 0 Å². The molecule has 4 heterocycles. The zero-order valence-electron chi connectivity index (χ0n) is 54.2. The highest BCUT2D eigenvalue weighted by molar-refractivity contribution is 5.95. The number of likely N-dealkylation sites (N-methyl/N-ethyl adjacent to an activating group) is 1. The van der Waals surface area contributed by atoms with Gasteiger partial charge in [0.05, 0.1) is 23.0 Å². The SMILES string of the molecule is C=C(NC)c1ccc2c(c1)CCc1cc(C(=O)NC)ccc1C2(CC1(NCC(=C)N2CCC[C@H]2C#N)CCCC(/C=C(\C2CCC3[C@@H](CCC4=C(CCC(C(=O)N(C)C)=C4)C3(C[C@@H](C)NCC(=C)N3CCCC3C#N)c3nn[nH]n3)C2)N(C)C)C1)c1nn[nH]n1. The molecule has 2 aliphatic heterocycles. The number of aryl methyl sites for hydroxylation is 2. The first-order valence-electron chi connectivity index (χ1n) is 33.0. The molecule has 20 nitrogen and oxygen atoms in total. The lowest BCUT2D eigenvalue weighted by Gasteiger charge is -2.50. The van der Waals surface area contributed by atoms with Crippen LogP contribution in [-0.2, 0) is 28.5 Å². The Balaban J connectivity index is 0.968. The predicted octanol–water partition coefficient (Wildman–Crippen LogP) is 8.29. The van der Waals surface area contributed by atoms with Gasteiger partial charge in [-0.3, -0.25) is 9.59 Å². The molecule has 7 unspecified atom stereocenters. The number of H-pyrrole nitrogens is 2. The molecule has 7 aliphatic rings. The maximum absolute atomic E-state index is 13.8. The number of hydrogen-bond donors (Lipinski definition) is 6. The quantitative estimate of drug-likeness (QED) is 0.0459. The van der Waals surface area contributed by atoms with Crippen molar-refractivity contribution in [2.45, 2.75) is 163 Å². The minimum absolute atomic E-state index is 0.0233. The summed E-state index contributed by atoms with van der Waals surface area (Å²) in [7, 11) is 11.7. The lowest BCUT2D eigenvalue weighted by Crippen LogP contribution is -2.55. The summed E-state index contributed by atoms with van der Waals surface area (Å²) in [5, 5.41) is 68.8. The van der Waals surface area contributed by atoms with E-state index in [-0.39, 0.29) is 47.7 Å². The van der Waals surface area contributed by atoms with Gasteiger partial charge in [-0.25, -0.2) is 0 Å². The number of fused-ring (bicyclic) bond motifs is 3. The van der Waals surface area contributed by atoms with Gasteiger partial charge in [-0.15, -0.1) is 20.4 Å². The van der Waals surface area contributed by atoms with Crippen molar-refractivity contribution in [2.24, 2.45) is 23.7 Å². The fraction of sp³-hybridized carbons (Fsp3) is 0.571. The summed E-state index contributed by atoms with van der Waals surface area (Å²) in [6, 6.07) is 17.5. The molecule has 2 aromatic heterocycles. The number of nitrogens with zero attached hydrogens (tertiary/aromatic N) is 12. The van der Waals surface area contributed by atoms with Gasteiger partial charge < -0.3 is 40.9 Å². The molecule has 0 radical (unpaired) electrons. The summed E-state index contributed by atoms with van der Waals surface area (Å²) in [5.74, 6) is 2.20. The highest BCUT2D eigenvalue weighted by Crippen LogP contribution is 2.59. The van der Waals surface area contributed by atoms with Crippen LogP contribution < -0.4 is 21.3 Å². The molecule has 90 heavy (non-hydrogen) atoms. The number of nitriles is 2. The van der Waals surface area contributed by atoms with Crippen molar-refractivity contribution in [3.05, 3.63) is 147 Å². The second kappa shape index (κ2) is 26.9. The molecular weight excluding hydrogens is 1120 g/mol. The number of carbonyl (C=O) groups is 2. The number of likely N-dealkylation sites (tertiary alicyclic amines) is 2. The number of hydrogen-bond acceptors (Lipinski definition) is 16. The van der Waals surface area contributed by atoms with Gasteiger partial charge in [-0.05, 0) is 198 Å². The van der Waals surface area contributed by atoms with E-state index in [1.807, 2.05) is 27.2 Å². The maximum Gasteiger partial charge on any atom is 0.251 e. The molecule has 4 aromatic rings. The molecule has 2 saturated heterocycles. The Hall–Kier alpha value is -7.94. The fourth-order valence-corrected chi connectivity index (χ4v) is 17.6. The van der Waals surface area contributed by atoms with Gasteiger partial charge in [-0.1, -0.05) is 72.5 Å². The zero-order valence-corrected chi connectivity index (χ0v) is 54.2. The first kappa shape index (κ1) is 63.6. The van der Waals surface area contributed by atoms with Crippen molar-refractivity contribution in [1.29, 1.82) is 10.5 Å². The van der Waals surface area contributed by atoms with Crippen LogP contribution in [0.4, 0.5) is 0 Å². The van der Waals surface area contributed by atoms with Gasteiger partial charge in [-0.2, -0.15) is 21.0 Å². The number of tetrazole rings is 2. The van der Waals surface area contributed by atoms with E-state index in [0.29, 0.717) is 49.7 Å². The van der Waals surface area contributed by atoms with Crippen LogP contribution in [-0.4, -0.2) is 165 Å². The third-order valence-corrected chi connectivity index (χ3v) is 21.8. The minimum Gasteiger partial charge on any atom is -0.388 e. The largest absolute Gasteiger partial charge is 0.388 e. The normalized spacial score (nSPS) is 27.7. The van der Waals surface area contributed by atoms with Gasteiger partial charge in [0.15, 0.2) is 11.6 Å². The van der Waals surface area contributed by atoms with Crippen molar-refractivity contribution in [1.82, 2.24) is 82.1 Å². The Morgan fingerprint density at radius 1 is 0.778 bits per heavy atom. The molecule has 2 saturated carbocycles. The second-order valence-electron chi connectivity index (χ2n) is 27.4. The van der Waals surface area contributed by atoms with E-state index in [1.54, 1.807) is 11.9 Å². The van der Waals surface area contributed by atoms with Gasteiger partial charge in [0.1, 0.15) is 12.1 Å². The van der Waals surface area contributed by atoms with Crippen molar-refractivity contribution in [2.75, 3.05) is 68.5 Å². The molecule has 10 atom stereocenters. The lowest BCUT2D eigenvalue weighted by molar-refractivity contribution is -0.124.